The van der Waals surface area contributed by atoms with E-state index in [9.17, 15) is 10.2 Å². The second kappa shape index (κ2) is 13.2. The number of anilines is 2. The summed E-state index contributed by atoms with van der Waals surface area (Å²) in [5.41, 5.74) is 17.0. The van der Waals surface area contributed by atoms with Gasteiger partial charge in [0.05, 0.1) is 0 Å². The van der Waals surface area contributed by atoms with Crippen LogP contribution in [0.5, 0.6) is 11.5 Å². The average molecular weight is 411 g/mol. The molecule has 3 aromatic rings. The third kappa shape index (κ3) is 7.03. The first kappa shape index (κ1) is 26.9. The van der Waals surface area contributed by atoms with Crippen molar-refractivity contribution in [2.24, 2.45) is 0 Å². The molecule has 0 saturated heterocycles. The number of hydrogen-bond acceptors (Lipinski definition) is 4. The number of hydrogen-bond donors (Lipinski definition) is 4. The van der Waals surface area contributed by atoms with E-state index in [2.05, 4.69) is 0 Å². The highest BCUT2D eigenvalue weighted by atomic mass is 16.3. The SMILES string of the molecule is C.CC.CC.Cc1c(O)c(Cc2ccc(N)cc2)cc(Cc2ccc(N)cc2)c1O. The van der Waals surface area contributed by atoms with Gasteiger partial charge in [0.2, 0.25) is 0 Å². The van der Waals surface area contributed by atoms with E-state index in [1.807, 2.05) is 82.3 Å². The number of nitrogens with two attached hydrogens (primary N) is 2. The highest BCUT2D eigenvalue weighted by Gasteiger charge is 2.15. The number of aromatic hydroxyl groups is 2. The maximum atomic E-state index is 10.4. The molecule has 0 amide bonds. The van der Waals surface area contributed by atoms with E-state index in [0.29, 0.717) is 29.8 Å². The largest absolute Gasteiger partial charge is 0.507 e. The lowest BCUT2D eigenvalue weighted by molar-refractivity contribution is 0.436. The van der Waals surface area contributed by atoms with Crippen molar-refractivity contribution in [1.82, 2.24) is 0 Å². The van der Waals surface area contributed by atoms with Gasteiger partial charge in [0.15, 0.2) is 0 Å². The van der Waals surface area contributed by atoms with Crippen molar-refractivity contribution in [2.45, 2.75) is 54.9 Å². The first-order valence-electron chi connectivity index (χ1n) is 10.2. The molecule has 0 heterocycles. The molecule has 164 valence electrons. The van der Waals surface area contributed by atoms with Crippen LogP contribution in [0.15, 0.2) is 54.6 Å². The fraction of sp³-hybridized carbons (Fsp3) is 0.308. The third-order valence-corrected chi connectivity index (χ3v) is 4.42. The highest BCUT2D eigenvalue weighted by molar-refractivity contribution is 5.55. The van der Waals surface area contributed by atoms with Crippen LogP contribution in [0, 0.1) is 6.92 Å². The fourth-order valence-electron chi connectivity index (χ4n) is 2.92. The van der Waals surface area contributed by atoms with Gasteiger partial charge in [0, 0.05) is 29.8 Å². The maximum Gasteiger partial charge on any atom is 0.125 e. The molecule has 0 bridgehead atoms. The lowest BCUT2D eigenvalue weighted by Crippen LogP contribution is -1.97. The molecule has 3 rings (SSSR count). The molecule has 0 aliphatic carbocycles. The Hall–Kier alpha value is -3.14. The Balaban J connectivity index is 0.00000159. The Morgan fingerprint density at radius 3 is 1.23 bits per heavy atom. The minimum absolute atomic E-state index is 0. The molecule has 0 saturated carbocycles. The van der Waals surface area contributed by atoms with E-state index < -0.39 is 0 Å². The van der Waals surface area contributed by atoms with Crippen LogP contribution in [-0.2, 0) is 12.8 Å². The van der Waals surface area contributed by atoms with E-state index >= 15 is 0 Å². The summed E-state index contributed by atoms with van der Waals surface area (Å²) in [7, 11) is 0. The summed E-state index contributed by atoms with van der Waals surface area (Å²) in [6.07, 6.45) is 1.14. The smallest absolute Gasteiger partial charge is 0.125 e. The molecule has 6 N–H and O–H groups in total. The third-order valence-electron chi connectivity index (χ3n) is 4.42. The van der Waals surface area contributed by atoms with Crippen LogP contribution in [0.4, 0.5) is 11.4 Å². The van der Waals surface area contributed by atoms with Gasteiger partial charge in [-0.15, -0.1) is 0 Å². The Morgan fingerprint density at radius 1 is 0.633 bits per heavy atom. The molecule has 0 aromatic heterocycles. The monoisotopic (exact) mass is 410 g/mol. The Labute approximate surface area is 182 Å². The van der Waals surface area contributed by atoms with Crippen LogP contribution >= 0.6 is 0 Å². The van der Waals surface area contributed by atoms with Crippen LogP contribution in [0.25, 0.3) is 0 Å². The van der Waals surface area contributed by atoms with Gasteiger partial charge in [-0.25, -0.2) is 0 Å². The van der Waals surface area contributed by atoms with E-state index in [1.165, 1.54) is 0 Å². The highest BCUT2D eigenvalue weighted by Crippen LogP contribution is 2.35. The van der Waals surface area contributed by atoms with Crippen LogP contribution < -0.4 is 11.5 Å². The standard InChI is InChI=1S/C21H22N2O2.2C2H6.CH4/c1-13-20(24)16(10-14-2-6-18(22)7-3-14)12-17(21(13)25)11-15-4-8-19(23)9-5-15;2*1-2;/h2-9,12,24-25H,10-11,22-23H2,1H3;2*1-2H3;1H4. The minimum Gasteiger partial charge on any atom is -0.507 e. The lowest BCUT2D eigenvalue weighted by atomic mass is 9.94. The molecule has 0 aliphatic heterocycles. The molecule has 0 spiro atoms. The molecule has 0 aliphatic rings. The zero-order valence-corrected chi connectivity index (χ0v) is 18.2. The molecule has 4 heteroatoms. The van der Waals surface area contributed by atoms with Gasteiger partial charge in [-0.2, -0.15) is 0 Å². The van der Waals surface area contributed by atoms with Crippen molar-refractivity contribution in [3.63, 3.8) is 0 Å². The summed E-state index contributed by atoms with van der Waals surface area (Å²) in [5.74, 6) is 0.269. The summed E-state index contributed by atoms with van der Waals surface area (Å²) in [5, 5.41) is 20.8. The molecule has 0 fully saturated rings. The van der Waals surface area contributed by atoms with Gasteiger partial charge in [-0.05, 0) is 59.5 Å². The molecule has 4 nitrogen and oxygen atoms in total. The topological polar surface area (TPSA) is 92.5 Å². The van der Waals surface area contributed by atoms with Crippen molar-refractivity contribution in [3.05, 3.63) is 82.4 Å². The average Bonchev–Trinajstić information content (AvgIpc) is 2.76. The quantitative estimate of drug-likeness (QED) is 0.372. The normalized spacial score (nSPS) is 9.37. The first-order chi connectivity index (χ1) is 13.9. The van der Waals surface area contributed by atoms with Crippen molar-refractivity contribution in [1.29, 1.82) is 0 Å². The van der Waals surface area contributed by atoms with Gasteiger partial charge >= 0.3 is 0 Å². The molecular weight excluding hydrogens is 372 g/mol. The fourth-order valence-corrected chi connectivity index (χ4v) is 2.92. The summed E-state index contributed by atoms with van der Waals surface area (Å²) < 4.78 is 0. The Kier molecular flexibility index (Phi) is 11.8. The minimum atomic E-state index is 0. The second-order valence-electron chi connectivity index (χ2n) is 6.35. The molecule has 3 aromatic carbocycles. The van der Waals surface area contributed by atoms with Crippen LogP contribution in [-0.4, -0.2) is 10.2 Å². The molecule has 30 heavy (non-hydrogen) atoms. The number of phenolic OH excluding ortho intramolecular Hbond substituents is 2. The van der Waals surface area contributed by atoms with Gasteiger partial charge in [-0.3, -0.25) is 0 Å². The van der Waals surface area contributed by atoms with Gasteiger partial charge in [-0.1, -0.05) is 59.4 Å². The van der Waals surface area contributed by atoms with E-state index in [-0.39, 0.29) is 18.9 Å². The van der Waals surface area contributed by atoms with Crippen molar-refractivity contribution in [2.75, 3.05) is 11.5 Å². The summed E-state index contributed by atoms with van der Waals surface area (Å²) in [6.45, 7) is 9.73. The predicted molar refractivity (Wildman–Crippen MR) is 131 cm³/mol. The molecule has 0 radical (unpaired) electrons. The zero-order valence-electron chi connectivity index (χ0n) is 18.2. The number of nitrogen functional groups attached to an aromatic ring is 2. The van der Waals surface area contributed by atoms with Gasteiger partial charge in [0.1, 0.15) is 11.5 Å². The van der Waals surface area contributed by atoms with E-state index in [1.54, 1.807) is 6.92 Å². The summed E-state index contributed by atoms with van der Waals surface area (Å²) >= 11 is 0. The number of rotatable bonds is 4. The van der Waals surface area contributed by atoms with Crippen LogP contribution in [0.1, 0.15) is 62.9 Å². The van der Waals surface area contributed by atoms with Crippen molar-refractivity contribution < 1.29 is 10.2 Å². The van der Waals surface area contributed by atoms with Crippen molar-refractivity contribution >= 4 is 11.4 Å². The van der Waals surface area contributed by atoms with E-state index in [0.717, 1.165) is 22.3 Å². The molecule has 0 unspecified atom stereocenters. The first-order valence-corrected chi connectivity index (χ1v) is 10.2. The van der Waals surface area contributed by atoms with Crippen LogP contribution in [0.3, 0.4) is 0 Å². The molecular formula is C26H38N2O2. The Bertz CT molecular complexity index is 815. The lowest BCUT2D eigenvalue weighted by Gasteiger charge is -2.14. The number of benzene rings is 3. The maximum absolute atomic E-state index is 10.4. The van der Waals surface area contributed by atoms with E-state index in [4.69, 9.17) is 11.5 Å². The second-order valence-corrected chi connectivity index (χ2v) is 6.35. The number of phenols is 2. The predicted octanol–water partition coefficient (Wildman–Crippen LogP) is 6.44. The molecule has 0 atom stereocenters. The van der Waals surface area contributed by atoms with Crippen LogP contribution in [0.2, 0.25) is 0 Å². The summed E-state index contributed by atoms with van der Waals surface area (Å²) in [6, 6.07) is 17.0. The van der Waals surface area contributed by atoms with Gasteiger partial charge in [0.25, 0.3) is 0 Å². The Morgan fingerprint density at radius 2 is 0.933 bits per heavy atom. The van der Waals surface area contributed by atoms with Crippen molar-refractivity contribution in [3.8, 4) is 11.5 Å². The van der Waals surface area contributed by atoms with Gasteiger partial charge < -0.3 is 21.7 Å². The summed E-state index contributed by atoms with van der Waals surface area (Å²) in [4.78, 5) is 0. The zero-order chi connectivity index (χ0) is 22.0.